The Hall–Kier alpha value is -3.80. The predicted octanol–water partition coefficient (Wildman–Crippen LogP) is 4.44. The van der Waals surface area contributed by atoms with E-state index < -0.39 is 23.5 Å². The van der Waals surface area contributed by atoms with Gasteiger partial charge in [-0.15, -0.1) is 0 Å². The molecule has 42 heavy (non-hydrogen) atoms. The number of aryl methyl sites for hydroxylation is 1. The van der Waals surface area contributed by atoms with E-state index in [9.17, 15) is 19.2 Å². The molecule has 0 unspecified atom stereocenters. The lowest BCUT2D eigenvalue weighted by molar-refractivity contribution is -0.139. The number of carbonyl (C=O) groups excluding carboxylic acids is 4. The van der Waals surface area contributed by atoms with Gasteiger partial charge < -0.3 is 9.47 Å². The zero-order valence-electron chi connectivity index (χ0n) is 25.2. The third-order valence-corrected chi connectivity index (χ3v) is 7.96. The zero-order chi connectivity index (χ0) is 30.1. The molecule has 4 rings (SSSR count). The minimum atomic E-state index is -0.511. The van der Waals surface area contributed by atoms with Gasteiger partial charge in [0.2, 0.25) is 11.6 Å². The Bertz CT molecular complexity index is 1610. The molecule has 2 aromatic carbocycles. The van der Waals surface area contributed by atoms with Crippen molar-refractivity contribution in [1.82, 2.24) is 0 Å². The van der Waals surface area contributed by atoms with E-state index in [1.807, 2.05) is 19.1 Å². The summed E-state index contributed by atoms with van der Waals surface area (Å²) in [6.07, 6.45) is 11.0. The average molecular weight is 571 g/mol. The topological polar surface area (TPSA) is 86.7 Å². The molecule has 2 aliphatic rings. The highest BCUT2D eigenvalue weighted by Crippen LogP contribution is 2.26. The first-order valence-electron chi connectivity index (χ1n) is 15.6. The van der Waals surface area contributed by atoms with Gasteiger partial charge in [-0.2, -0.15) is 0 Å². The fraction of sp³-hybridized carbons (Fsp3) is 0.444. The second kappa shape index (κ2) is 14.9. The van der Waals surface area contributed by atoms with Crippen molar-refractivity contribution in [2.45, 2.75) is 104 Å². The van der Waals surface area contributed by atoms with E-state index in [2.05, 4.69) is 13.8 Å². The van der Waals surface area contributed by atoms with E-state index in [4.69, 9.17) is 9.47 Å². The van der Waals surface area contributed by atoms with Crippen LogP contribution >= 0.6 is 0 Å². The van der Waals surface area contributed by atoms with Gasteiger partial charge in [-0.3, -0.25) is 19.2 Å². The van der Waals surface area contributed by atoms with Crippen LogP contribution in [0.5, 0.6) is 0 Å². The summed E-state index contributed by atoms with van der Waals surface area (Å²) in [7, 11) is 0. The highest BCUT2D eigenvalue weighted by atomic mass is 16.5. The van der Waals surface area contributed by atoms with Crippen molar-refractivity contribution >= 4 is 46.2 Å². The van der Waals surface area contributed by atoms with Crippen molar-refractivity contribution in [3.8, 4) is 0 Å². The number of unbranched alkanes of at least 4 members (excludes halogenated alkanes) is 8. The number of ketones is 2. The Morgan fingerprint density at radius 2 is 1.05 bits per heavy atom. The van der Waals surface area contributed by atoms with Crippen molar-refractivity contribution in [3.05, 3.63) is 68.9 Å². The molecule has 6 heteroatoms. The van der Waals surface area contributed by atoms with Crippen molar-refractivity contribution in [2.75, 3.05) is 0 Å². The number of fused-ring (bicyclic) bond motifs is 3. The van der Waals surface area contributed by atoms with Gasteiger partial charge in [-0.25, -0.2) is 0 Å². The van der Waals surface area contributed by atoms with Crippen molar-refractivity contribution < 1.29 is 28.7 Å². The van der Waals surface area contributed by atoms with Crippen LogP contribution in [0.15, 0.2) is 42.5 Å². The minimum Gasteiger partial charge on any atom is -0.422 e. The van der Waals surface area contributed by atoms with Gasteiger partial charge in [0, 0.05) is 34.4 Å². The molecule has 6 nitrogen and oxygen atoms in total. The highest BCUT2D eigenvalue weighted by molar-refractivity contribution is 6.58. The summed E-state index contributed by atoms with van der Waals surface area (Å²) in [4.78, 5) is 53.9. The Morgan fingerprint density at radius 1 is 0.571 bits per heavy atom. The molecule has 0 atom stereocenters. The summed E-state index contributed by atoms with van der Waals surface area (Å²) in [6, 6.07) is 12.5. The third kappa shape index (κ3) is 6.97. The summed E-state index contributed by atoms with van der Waals surface area (Å²) in [6.45, 7) is 6.27. The number of esters is 2. The Balaban J connectivity index is 1.77. The SMILES string of the molecule is CCCCCCCC(=O)OC1=c2ccccc2=C2C(=O)C(OC(=O)CCCCCCC)=c3cc(CC)ccc3=C2C1=O. The number of ether oxygens (including phenoxy) is 2. The van der Waals surface area contributed by atoms with Gasteiger partial charge in [0.1, 0.15) is 0 Å². The Labute approximate surface area is 247 Å². The molecule has 2 aromatic rings. The summed E-state index contributed by atoms with van der Waals surface area (Å²) >= 11 is 0. The molecule has 0 N–H and O–H groups in total. The first kappa shape index (κ1) is 31.1. The molecule has 0 saturated heterocycles. The van der Waals surface area contributed by atoms with Crippen LogP contribution in [0, 0.1) is 0 Å². The number of Topliss-reactive ketones (excluding diaryl/α,β-unsaturated/α-hetero) is 2. The molecule has 0 heterocycles. The zero-order valence-corrected chi connectivity index (χ0v) is 25.2. The lowest BCUT2D eigenvalue weighted by atomic mass is 9.83. The number of benzene rings is 2. The molecule has 0 saturated carbocycles. The quantitative estimate of drug-likeness (QED) is 0.233. The normalized spacial score (nSPS) is 14.0. The largest absolute Gasteiger partial charge is 0.422 e. The van der Waals surface area contributed by atoms with E-state index in [0.717, 1.165) is 56.9 Å². The average Bonchev–Trinajstić information content (AvgIpc) is 3.00. The first-order chi connectivity index (χ1) is 20.4. The molecule has 0 aromatic heterocycles. The van der Waals surface area contributed by atoms with E-state index in [-0.39, 0.29) is 35.5 Å². The Morgan fingerprint density at radius 3 is 1.57 bits per heavy atom. The molecule has 0 amide bonds. The van der Waals surface area contributed by atoms with Crippen LogP contribution in [0.4, 0.5) is 0 Å². The number of hydrogen-bond acceptors (Lipinski definition) is 6. The minimum absolute atomic E-state index is 0.0484. The molecule has 0 aliphatic heterocycles. The van der Waals surface area contributed by atoms with Crippen molar-refractivity contribution in [2.24, 2.45) is 0 Å². The van der Waals surface area contributed by atoms with Crippen LogP contribution in [-0.2, 0) is 35.1 Å². The number of hydrogen-bond donors (Lipinski definition) is 0. The van der Waals surface area contributed by atoms with Crippen molar-refractivity contribution in [3.63, 3.8) is 0 Å². The smallest absolute Gasteiger partial charge is 0.311 e. The maximum absolute atomic E-state index is 14.1. The predicted molar refractivity (Wildman–Crippen MR) is 163 cm³/mol. The van der Waals surface area contributed by atoms with E-state index in [1.54, 1.807) is 30.3 Å². The van der Waals surface area contributed by atoms with Gasteiger partial charge in [0.15, 0.2) is 11.5 Å². The molecular weight excluding hydrogens is 528 g/mol. The summed E-state index contributed by atoms with van der Waals surface area (Å²) in [5.41, 5.74) is 1.31. The van der Waals surface area contributed by atoms with E-state index >= 15 is 0 Å². The van der Waals surface area contributed by atoms with Crippen LogP contribution in [0.2, 0.25) is 0 Å². The van der Waals surface area contributed by atoms with Crippen LogP contribution in [0.25, 0.3) is 22.7 Å². The molecule has 222 valence electrons. The molecule has 0 radical (unpaired) electrons. The second-order valence-electron chi connectivity index (χ2n) is 11.1. The number of rotatable bonds is 15. The lowest BCUT2D eigenvalue weighted by Crippen LogP contribution is -2.48. The molecule has 0 bridgehead atoms. The molecular formula is C36H42O6. The lowest BCUT2D eigenvalue weighted by Gasteiger charge is -2.22. The molecule has 2 aliphatic carbocycles. The maximum atomic E-state index is 14.1. The van der Waals surface area contributed by atoms with E-state index in [1.165, 1.54) is 0 Å². The first-order valence-corrected chi connectivity index (χ1v) is 15.6. The van der Waals surface area contributed by atoms with Crippen LogP contribution < -0.4 is 20.9 Å². The summed E-state index contributed by atoms with van der Waals surface area (Å²) in [5.74, 6) is -2.04. The van der Waals surface area contributed by atoms with Crippen LogP contribution in [0.1, 0.15) is 103 Å². The molecule has 0 fully saturated rings. The van der Waals surface area contributed by atoms with Gasteiger partial charge in [0.05, 0.1) is 0 Å². The van der Waals surface area contributed by atoms with Gasteiger partial charge in [0.25, 0.3) is 0 Å². The third-order valence-electron chi connectivity index (χ3n) is 7.96. The van der Waals surface area contributed by atoms with Crippen LogP contribution in [0.3, 0.4) is 0 Å². The van der Waals surface area contributed by atoms with Gasteiger partial charge in [-0.1, -0.05) is 109 Å². The summed E-state index contributed by atoms with van der Waals surface area (Å²) in [5, 5.41) is 1.80. The van der Waals surface area contributed by atoms with Gasteiger partial charge in [-0.05, 0) is 41.3 Å². The second-order valence-corrected chi connectivity index (χ2v) is 11.1. The van der Waals surface area contributed by atoms with Crippen molar-refractivity contribution in [1.29, 1.82) is 0 Å². The fourth-order valence-corrected chi connectivity index (χ4v) is 5.61. The monoisotopic (exact) mass is 570 g/mol. The van der Waals surface area contributed by atoms with Crippen LogP contribution in [-0.4, -0.2) is 23.5 Å². The Kier molecular flexibility index (Phi) is 11.0. The van der Waals surface area contributed by atoms with E-state index in [0.29, 0.717) is 40.1 Å². The summed E-state index contributed by atoms with van der Waals surface area (Å²) < 4.78 is 11.5. The highest BCUT2D eigenvalue weighted by Gasteiger charge is 2.37. The number of carbonyl (C=O) groups is 4. The fourth-order valence-electron chi connectivity index (χ4n) is 5.61. The van der Waals surface area contributed by atoms with Gasteiger partial charge >= 0.3 is 11.9 Å². The molecule has 0 spiro atoms. The maximum Gasteiger partial charge on any atom is 0.311 e. The standard InChI is InChI=1S/C36H42O6/c1-4-7-9-11-13-19-29(37)41-35-27-18-16-15-17-25(27)31-32(33(35)39)26-22-21-24(6-3)23-28(26)36(34(31)40)42-30(38)20-14-12-10-8-5-2/h15-18,21-23H,4-14,19-20H2,1-3H3.